The molecule has 35 heavy (non-hydrogen) atoms. The third-order valence-electron chi connectivity index (χ3n) is 5.64. The van der Waals surface area contributed by atoms with Gasteiger partial charge in [-0.1, -0.05) is 60.2 Å². The van der Waals surface area contributed by atoms with Crippen LogP contribution < -0.4 is 19.5 Å². The number of rotatable bonds is 11. The predicted molar refractivity (Wildman–Crippen MR) is 135 cm³/mol. The van der Waals surface area contributed by atoms with E-state index in [1.807, 2.05) is 61.5 Å². The molecular weight excluding hydrogens is 444 g/mol. The fourth-order valence-corrected chi connectivity index (χ4v) is 3.82. The second-order valence-corrected chi connectivity index (χ2v) is 8.17. The Kier molecular flexibility index (Phi) is 9.12. The quantitative estimate of drug-likeness (QED) is 0.456. The average Bonchev–Trinajstić information content (AvgIpc) is 2.89. The van der Waals surface area contributed by atoms with Gasteiger partial charge in [0, 0.05) is 38.2 Å². The topological polar surface area (TPSA) is 77.1 Å². The lowest BCUT2D eigenvalue weighted by molar-refractivity contribution is -0.142. The summed E-state index contributed by atoms with van der Waals surface area (Å²) in [6, 6.07) is 21.9. The SMILES string of the molecule is CNC(=O)[C@H](Cc1ccccc1)N(Cc1cccc(C)c1)C(=O)COc1cc(OC)cc(OC)c1. The minimum absolute atomic E-state index is 0.238. The molecule has 0 aliphatic carbocycles. The molecule has 0 fully saturated rings. The normalized spacial score (nSPS) is 11.3. The van der Waals surface area contributed by atoms with Crippen LogP contribution in [-0.4, -0.2) is 50.6 Å². The molecule has 0 saturated heterocycles. The van der Waals surface area contributed by atoms with Crippen molar-refractivity contribution in [3.8, 4) is 17.2 Å². The molecule has 3 aromatic carbocycles. The van der Waals surface area contributed by atoms with Gasteiger partial charge in [0.05, 0.1) is 14.2 Å². The predicted octanol–water partition coefficient (Wildman–Crippen LogP) is 3.78. The summed E-state index contributed by atoms with van der Waals surface area (Å²) in [5, 5.41) is 2.72. The molecule has 0 aliphatic heterocycles. The van der Waals surface area contributed by atoms with Crippen LogP contribution in [0.1, 0.15) is 16.7 Å². The summed E-state index contributed by atoms with van der Waals surface area (Å²) in [6.07, 6.45) is 0.380. The third-order valence-corrected chi connectivity index (χ3v) is 5.64. The summed E-state index contributed by atoms with van der Waals surface area (Å²) >= 11 is 0. The number of hydrogen-bond acceptors (Lipinski definition) is 5. The molecule has 184 valence electrons. The minimum atomic E-state index is -0.709. The highest BCUT2D eigenvalue weighted by molar-refractivity contribution is 5.88. The lowest BCUT2D eigenvalue weighted by Crippen LogP contribution is -2.51. The highest BCUT2D eigenvalue weighted by atomic mass is 16.5. The molecule has 3 rings (SSSR count). The summed E-state index contributed by atoms with van der Waals surface area (Å²) < 4.78 is 16.4. The molecule has 0 spiro atoms. The number of benzene rings is 3. The number of carbonyl (C=O) groups excluding carboxylic acids is 2. The van der Waals surface area contributed by atoms with Crippen LogP contribution in [0.5, 0.6) is 17.2 Å². The van der Waals surface area contributed by atoms with E-state index in [-0.39, 0.29) is 25.0 Å². The van der Waals surface area contributed by atoms with Crippen LogP contribution in [0.2, 0.25) is 0 Å². The zero-order valence-electron chi connectivity index (χ0n) is 20.6. The molecule has 0 aromatic heterocycles. The van der Waals surface area contributed by atoms with Gasteiger partial charge in [-0.25, -0.2) is 0 Å². The second-order valence-electron chi connectivity index (χ2n) is 8.17. The van der Waals surface area contributed by atoms with Gasteiger partial charge in [-0.15, -0.1) is 0 Å². The van der Waals surface area contributed by atoms with Gasteiger partial charge in [0.1, 0.15) is 23.3 Å². The first-order valence-corrected chi connectivity index (χ1v) is 11.4. The summed E-state index contributed by atoms with van der Waals surface area (Å²) in [6.45, 7) is 2.02. The first-order valence-electron chi connectivity index (χ1n) is 11.4. The van der Waals surface area contributed by atoms with Crippen molar-refractivity contribution in [3.63, 3.8) is 0 Å². The standard InChI is InChI=1S/C28H32N2O5/c1-20-9-8-12-22(13-20)18-30(26(28(32)29-2)14-21-10-6-5-7-11-21)27(31)19-35-25-16-23(33-3)15-24(17-25)34-4/h5-13,15-17,26H,14,18-19H2,1-4H3,(H,29,32)/t26-/m0/s1. The highest BCUT2D eigenvalue weighted by Gasteiger charge is 2.30. The van der Waals surface area contributed by atoms with Gasteiger partial charge in [-0.05, 0) is 18.1 Å². The maximum atomic E-state index is 13.5. The van der Waals surface area contributed by atoms with Crippen molar-refractivity contribution in [1.82, 2.24) is 10.2 Å². The fourth-order valence-electron chi connectivity index (χ4n) is 3.82. The van der Waals surface area contributed by atoms with E-state index in [2.05, 4.69) is 5.32 Å². The maximum absolute atomic E-state index is 13.5. The molecular formula is C28H32N2O5. The average molecular weight is 477 g/mol. The Morgan fingerprint density at radius 1 is 0.857 bits per heavy atom. The minimum Gasteiger partial charge on any atom is -0.496 e. The van der Waals surface area contributed by atoms with Crippen LogP contribution in [0.4, 0.5) is 0 Å². The first kappa shape index (κ1) is 25.6. The largest absolute Gasteiger partial charge is 0.496 e. The van der Waals surface area contributed by atoms with Gasteiger partial charge < -0.3 is 24.4 Å². The molecule has 2 amide bonds. The lowest BCUT2D eigenvalue weighted by atomic mass is 10.0. The molecule has 0 bridgehead atoms. The maximum Gasteiger partial charge on any atom is 0.261 e. The number of nitrogens with zero attached hydrogens (tertiary/aromatic N) is 1. The van der Waals surface area contributed by atoms with Crippen molar-refractivity contribution < 1.29 is 23.8 Å². The number of methoxy groups -OCH3 is 2. The van der Waals surface area contributed by atoms with E-state index in [4.69, 9.17) is 14.2 Å². The number of ether oxygens (including phenoxy) is 3. The Hall–Kier alpha value is -4.00. The molecule has 0 radical (unpaired) electrons. The van der Waals surface area contributed by atoms with Crippen molar-refractivity contribution in [2.75, 3.05) is 27.9 Å². The van der Waals surface area contributed by atoms with Gasteiger partial charge >= 0.3 is 0 Å². The van der Waals surface area contributed by atoms with E-state index in [1.165, 1.54) is 0 Å². The van der Waals surface area contributed by atoms with Gasteiger partial charge in [-0.3, -0.25) is 9.59 Å². The van der Waals surface area contributed by atoms with E-state index in [0.29, 0.717) is 23.7 Å². The first-order chi connectivity index (χ1) is 16.9. The summed E-state index contributed by atoms with van der Waals surface area (Å²) in [5.41, 5.74) is 2.97. The lowest BCUT2D eigenvalue weighted by Gasteiger charge is -2.31. The van der Waals surface area contributed by atoms with Crippen molar-refractivity contribution in [1.29, 1.82) is 0 Å². The molecule has 0 unspecified atom stereocenters. The molecule has 0 aliphatic rings. The van der Waals surface area contributed by atoms with E-state index < -0.39 is 6.04 Å². The Bertz CT molecular complexity index is 1110. The van der Waals surface area contributed by atoms with Crippen LogP contribution in [0.25, 0.3) is 0 Å². The molecule has 0 saturated carbocycles. The number of carbonyl (C=O) groups is 2. The Balaban J connectivity index is 1.88. The summed E-state index contributed by atoms with van der Waals surface area (Å²) in [4.78, 5) is 28.1. The number of nitrogens with one attached hydrogen (secondary N) is 1. The van der Waals surface area contributed by atoms with Crippen molar-refractivity contribution in [2.24, 2.45) is 0 Å². The number of aryl methyl sites for hydroxylation is 1. The smallest absolute Gasteiger partial charge is 0.261 e. The Labute approximate surface area is 206 Å². The van der Waals surface area contributed by atoms with Crippen LogP contribution in [0.3, 0.4) is 0 Å². The van der Waals surface area contributed by atoms with E-state index >= 15 is 0 Å². The summed E-state index contributed by atoms with van der Waals surface area (Å²) in [5.74, 6) is 0.992. The number of likely N-dealkylation sites (N-methyl/N-ethyl adjacent to an activating group) is 1. The van der Waals surface area contributed by atoms with Crippen LogP contribution >= 0.6 is 0 Å². The van der Waals surface area contributed by atoms with Gasteiger partial charge in [0.15, 0.2) is 6.61 Å². The monoisotopic (exact) mass is 476 g/mol. The van der Waals surface area contributed by atoms with Crippen molar-refractivity contribution in [2.45, 2.75) is 25.9 Å². The number of amides is 2. The Morgan fingerprint density at radius 3 is 2.09 bits per heavy atom. The van der Waals surface area contributed by atoms with Crippen molar-refractivity contribution >= 4 is 11.8 Å². The molecule has 3 aromatic rings. The molecule has 1 atom stereocenters. The number of hydrogen-bond donors (Lipinski definition) is 1. The Morgan fingerprint density at radius 2 is 1.49 bits per heavy atom. The zero-order valence-corrected chi connectivity index (χ0v) is 20.6. The fraction of sp³-hybridized carbons (Fsp3) is 0.286. The van der Waals surface area contributed by atoms with Crippen molar-refractivity contribution in [3.05, 3.63) is 89.5 Å². The van der Waals surface area contributed by atoms with E-state index in [1.54, 1.807) is 44.4 Å². The van der Waals surface area contributed by atoms with Crippen LogP contribution in [0.15, 0.2) is 72.8 Å². The summed E-state index contributed by atoms with van der Waals surface area (Å²) in [7, 11) is 4.67. The zero-order chi connectivity index (χ0) is 25.2. The molecule has 7 nitrogen and oxygen atoms in total. The molecule has 7 heteroatoms. The molecule has 1 N–H and O–H groups in total. The third kappa shape index (κ3) is 7.24. The van der Waals surface area contributed by atoms with Crippen LogP contribution in [-0.2, 0) is 22.6 Å². The molecule has 0 heterocycles. The van der Waals surface area contributed by atoms with E-state index in [9.17, 15) is 9.59 Å². The van der Waals surface area contributed by atoms with Gasteiger partial charge in [0.25, 0.3) is 5.91 Å². The highest BCUT2D eigenvalue weighted by Crippen LogP contribution is 2.27. The van der Waals surface area contributed by atoms with Crippen LogP contribution in [0, 0.1) is 6.92 Å². The second kappa shape index (κ2) is 12.5. The van der Waals surface area contributed by atoms with Gasteiger partial charge in [0.2, 0.25) is 5.91 Å². The van der Waals surface area contributed by atoms with E-state index in [0.717, 1.165) is 16.7 Å². The van der Waals surface area contributed by atoms with Gasteiger partial charge in [-0.2, -0.15) is 0 Å².